The zero-order valence-electron chi connectivity index (χ0n) is 16.8. The van der Waals surface area contributed by atoms with E-state index in [2.05, 4.69) is 46.4 Å². The molecule has 0 amide bonds. The topological polar surface area (TPSA) is 64.9 Å². The first-order valence-electron chi connectivity index (χ1n) is 9.85. The fourth-order valence-electron chi connectivity index (χ4n) is 3.86. The lowest BCUT2D eigenvalue weighted by Crippen LogP contribution is -2.37. The van der Waals surface area contributed by atoms with Crippen molar-refractivity contribution < 1.29 is 4.74 Å². The second-order valence-electron chi connectivity index (χ2n) is 7.54. The Morgan fingerprint density at radius 1 is 1.18 bits per heavy atom. The number of benzene rings is 1. The molecule has 2 aromatic heterocycles. The van der Waals surface area contributed by atoms with Crippen molar-refractivity contribution in [1.82, 2.24) is 25.1 Å². The van der Waals surface area contributed by atoms with Crippen molar-refractivity contribution in [2.45, 2.75) is 59.4 Å². The standard InChI is InChI=1S/C22H27N5O/c1-15-10-18(11-16(2)22(15)28-14-20-6-4-5-9-23-20)12-24-19-7-8-21-25-17(3)26-27(21)13-19/h4-6,9-11,19,24H,7-8,12-14H2,1-3H3. The van der Waals surface area contributed by atoms with Crippen LogP contribution in [0.4, 0.5) is 0 Å². The highest BCUT2D eigenvalue weighted by Crippen LogP contribution is 2.26. The molecule has 1 aliphatic heterocycles. The molecule has 3 heterocycles. The van der Waals surface area contributed by atoms with E-state index in [1.807, 2.05) is 29.8 Å². The summed E-state index contributed by atoms with van der Waals surface area (Å²) in [6, 6.07) is 10.7. The molecule has 0 fully saturated rings. The highest BCUT2D eigenvalue weighted by atomic mass is 16.5. The summed E-state index contributed by atoms with van der Waals surface area (Å²) in [6.07, 6.45) is 3.88. The Morgan fingerprint density at radius 3 is 2.75 bits per heavy atom. The first-order valence-corrected chi connectivity index (χ1v) is 9.85. The second kappa shape index (κ2) is 8.10. The lowest BCUT2D eigenvalue weighted by molar-refractivity contribution is 0.297. The number of nitrogens with zero attached hydrogens (tertiary/aromatic N) is 4. The fraction of sp³-hybridized carbons (Fsp3) is 0.409. The summed E-state index contributed by atoms with van der Waals surface area (Å²) in [4.78, 5) is 8.80. The van der Waals surface area contributed by atoms with Crippen LogP contribution in [-0.4, -0.2) is 25.8 Å². The average molecular weight is 377 g/mol. The number of fused-ring (bicyclic) bond motifs is 1. The molecule has 1 atom stereocenters. The van der Waals surface area contributed by atoms with Gasteiger partial charge in [-0.15, -0.1) is 0 Å². The number of aromatic nitrogens is 4. The second-order valence-corrected chi connectivity index (χ2v) is 7.54. The number of nitrogens with one attached hydrogen (secondary N) is 1. The molecule has 0 saturated carbocycles. The lowest BCUT2D eigenvalue weighted by Gasteiger charge is -2.24. The summed E-state index contributed by atoms with van der Waals surface area (Å²) in [5, 5.41) is 8.17. The normalized spacial score (nSPS) is 16.0. The molecule has 0 aliphatic carbocycles. The van der Waals surface area contributed by atoms with E-state index in [0.717, 1.165) is 60.2 Å². The summed E-state index contributed by atoms with van der Waals surface area (Å²) in [7, 11) is 0. The average Bonchev–Trinajstić information content (AvgIpc) is 3.06. The van der Waals surface area contributed by atoms with E-state index in [1.165, 1.54) is 5.56 Å². The van der Waals surface area contributed by atoms with Crippen molar-refractivity contribution in [3.05, 3.63) is 70.6 Å². The van der Waals surface area contributed by atoms with Gasteiger partial charge in [-0.05, 0) is 56.0 Å². The van der Waals surface area contributed by atoms with Crippen LogP contribution in [0.15, 0.2) is 36.5 Å². The molecule has 1 aliphatic rings. The van der Waals surface area contributed by atoms with E-state index in [9.17, 15) is 0 Å². The smallest absolute Gasteiger partial charge is 0.147 e. The Labute approximate surface area is 166 Å². The quantitative estimate of drug-likeness (QED) is 0.714. The Balaban J connectivity index is 1.36. The zero-order chi connectivity index (χ0) is 19.5. The van der Waals surface area contributed by atoms with Crippen LogP contribution in [0.25, 0.3) is 0 Å². The highest BCUT2D eigenvalue weighted by Gasteiger charge is 2.20. The molecule has 1 unspecified atom stereocenters. The van der Waals surface area contributed by atoms with Gasteiger partial charge in [0.2, 0.25) is 0 Å². The van der Waals surface area contributed by atoms with Crippen molar-refractivity contribution in [2.75, 3.05) is 0 Å². The van der Waals surface area contributed by atoms with Gasteiger partial charge in [0.1, 0.15) is 24.0 Å². The largest absolute Gasteiger partial charge is 0.487 e. The molecule has 0 saturated heterocycles. The molecule has 3 aromatic rings. The van der Waals surface area contributed by atoms with Crippen molar-refractivity contribution >= 4 is 0 Å². The van der Waals surface area contributed by atoms with E-state index in [-0.39, 0.29) is 0 Å². The van der Waals surface area contributed by atoms with E-state index >= 15 is 0 Å². The predicted octanol–water partition coefficient (Wildman–Crippen LogP) is 3.28. The van der Waals surface area contributed by atoms with Crippen LogP contribution in [-0.2, 0) is 26.1 Å². The van der Waals surface area contributed by atoms with E-state index in [1.54, 1.807) is 6.20 Å². The van der Waals surface area contributed by atoms with Gasteiger partial charge in [0, 0.05) is 25.2 Å². The minimum absolute atomic E-state index is 0.425. The van der Waals surface area contributed by atoms with Crippen LogP contribution >= 0.6 is 0 Å². The van der Waals surface area contributed by atoms with E-state index in [4.69, 9.17) is 4.74 Å². The maximum absolute atomic E-state index is 6.04. The van der Waals surface area contributed by atoms with Crippen LogP contribution in [0.1, 0.15) is 40.5 Å². The molecule has 146 valence electrons. The molecule has 0 spiro atoms. The van der Waals surface area contributed by atoms with Crippen molar-refractivity contribution in [3.63, 3.8) is 0 Å². The predicted molar refractivity (Wildman–Crippen MR) is 108 cm³/mol. The Kier molecular flexibility index (Phi) is 5.39. The molecule has 1 N–H and O–H groups in total. The van der Waals surface area contributed by atoms with Gasteiger partial charge in [0.15, 0.2) is 0 Å². The minimum atomic E-state index is 0.425. The van der Waals surface area contributed by atoms with Gasteiger partial charge in [-0.1, -0.05) is 18.2 Å². The van der Waals surface area contributed by atoms with Crippen LogP contribution < -0.4 is 10.1 Å². The van der Waals surface area contributed by atoms with Crippen molar-refractivity contribution in [2.24, 2.45) is 0 Å². The number of rotatable bonds is 6. The molecule has 6 nitrogen and oxygen atoms in total. The Hall–Kier alpha value is -2.73. The summed E-state index contributed by atoms with van der Waals surface area (Å²) >= 11 is 0. The molecule has 0 radical (unpaired) electrons. The number of pyridine rings is 1. The monoisotopic (exact) mass is 377 g/mol. The van der Waals surface area contributed by atoms with Gasteiger partial charge in [0.05, 0.1) is 12.2 Å². The molecule has 0 bridgehead atoms. The van der Waals surface area contributed by atoms with Crippen LogP contribution in [0, 0.1) is 20.8 Å². The lowest BCUT2D eigenvalue weighted by atomic mass is 10.0. The highest BCUT2D eigenvalue weighted by molar-refractivity contribution is 5.43. The maximum Gasteiger partial charge on any atom is 0.147 e. The van der Waals surface area contributed by atoms with Gasteiger partial charge < -0.3 is 10.1 Å². The Morgan fingerprint density at radius 2 is 2.00 bits per heavy atom. The van der Waals surface area contributed by atoms with E-state index < -0.39 is 0 Å². The third-order valence-electron chi connectivity index (χ3n) is 5.17. The number of hydrogen-bond donors (Lipinski definition) is 1. The van der Waals surface area contributed by atoms with Crippen molar-refractivity contribution in [3.8, 4) is 5.75 Å². The molecule has 1 aromatic carbocycles. The minimum Gasteiger partial charge on any atom is -0.487 e. The van der Waals surface area contributed by atoms with E-state index in [0.29, 0.717) is 12.6 Å². The van der Waals surface area contributed by atoms with Crippen LogP contribution in [0.5, 0.6) is 5.75 Å². The van der Waals surface area contributed by atoms with Crippen LogP contribution in [0.3, 0.4) is 0 Å². The molecular weight excluding hydrogens is 350 g/mol. The molecule has 28 heavy (non-hydrogen) atoms. The number of ether oxygens (including phenoxy) is 1. The first kappa shape index (κ1) is 18.6. The Bertz CT molecular complexity index is 928. The summed E-state index contributed by atoms with van der Waals surface area (Å²) in [6.45, 7) is 8.39. The van der Waals surface area contributed by atoms with Gasteiger partial charge in [-0.3, -0.25) is 4.98 Å². The van der Waals surface area contributed by atoms with Crippen molar-refractivity contribution in [1.29, 1.82) is 0 Å². The zero-order valence-corrected chi connectivity index (χ0v) is 16.8. The summed E-state index contributed by atoms with van der Waals surface area (Å²) in [5.41, 5.74) is 4.53. The van der Waals surface area contributed by atoms with Gasteiger partial charge in [-0.2, -0.15) is 5.10 Å². The van der Waals surface area contributed by atoms with Crippen LogP contribution in [0.2, 0.25) is 0 Å². The van der Waals surface area contributed by atoms with Gasteiger partial charge in [-0.25, -0.2) is 9.67 Å². The number of hydrogen-bond acceptors (Lipinski definition) is 5. The van der Waals surface area contributed by atoms with Gasteiger partial charge in [0.25, 0.3) is 0 Å². The fourth-order valence-corrected chi connectivity index (χ4v) is 3.86. The molecular formula is C22H27N5O. The third-order valence-corrected chi connectivity index (χ3v) is 5.17. The van der Waals surface area contributed by atoms with Gasteiger partial charge >= 0.3 is 0 Å². The molecule has 6 heteroatoms. The number of aryl methyl sites for hydroxylation is 4. The SMILES string of the molecule is Cc1nc2n(n1)CC(NCc1cc(C)c(OCc3ccccn3)c(C)c1)CC2. The maximum atomic E-state index is 6.04. The summed E-state index contributed by atoms with van der Waals surface area (Å²) < 4.78 is 8.09. The summed E-state index contributed by atoms with van der Waals surface area (Å²) in [5.74, 6) is 2.93. The molecule has 4 rings (SSSR count). The first-order chi connectivity index (χ1) is 13.6. The third kappa shape index (κ3) is 4.22.